The zero-order chi connectivity index (χ0) is 13.1. The van der Waals surface area contributed by atoms with Crippen LogP contribution in [0.2, 0.25) is 0 Å². The van der Waals surface area contributed by atoms with E-state index in [1.807, 2.05) is 0 Å². The van der Waals surface area contributed by atoms with Gasteiger partial charge in [0, 0.05) is 12.1 Å². The van der Waals surface area contributed by atoms with Gasteiger partial charge in [-0.05, 0) is 37.8 Å². The molecule has 96 valence electrons. The van der Waals surface area contributed by atoms with E-state index in [0.29, 0.717) is 0 Å². The Hall–Kier alpha value is -1.67. The van der Waals surface area contributed by atoms with Crippen LogP contribution >= 0.6 is 0 Å². The molecule has 3 N–H and O–H groups in total. The molecule has 0 spiro atoms. The molecule has 0 aliphatic heterocycles. The first-order valence-corrected chi connectivity index (χ1v) is 6.01. The lowest BCUT2D eigenvalue weighted by Crippen LogP contribution is -2.33. The van der Waals surface area contributed by atoms with E-state index in [4.69, 9.17) is 11.0 Å². The summed E-state index contributed by atoms with van der Waals surface area (Å²) in [5, 5.41) is 11.5. The average Bonchev–Trinajstić information content (AvgIpc) is 2.35. The maximum atomic E-state index is 13.7. The fraction of sp³-hybridized carbons (Fsp3) is 0.462. The number of halogens is 2. The van der Waals surface area contributed by atoms with Crippen LogP contribution in [0.15, 0.2) is 12.1 Å². The van der Waals surface area contributed by atoms with Gasteiger partial charge in [-0.25, -0.2) is 8.78 Å². The Balaban J connectivity index is 2.12. The van der Waals surface area contributed by atoms with Crippen molar-refractivity contribution in [3.05, 3.63) is 29.3 Å². The first-order chi connectivity index (χ1) is 8.60. The Morgan fingerprint density at radius 3 is 2.22 bits per heavy atom. The van der Waals surface area contributed by atoms with Gasteiger partial charge in [-0.2, -0.15) is 5.26 Å². The van der Waals surface area contributed by atoms with Crippen LogP contribution in [0.25, 0.3) is 0 Å². The van der Waals surface area contributed by atoms with Gasteiger partial charge in [0.25, 0.3) is 0 Å². The standard InChI is InChI=1S/C13H15F2N3/c14-11-5-8(7-16)6-12(15)13(11)18-10-3-1-9(17)2-4-10/h5-6,9-10,18H,1-4,17H2. The molecule has 0 atom stereocenters. The van der Waals surface area contributed by atoms with E-state index in [2.05, 4.69) is 5.32 Å². The molecule has 0 unspecified atom stereocenters. The molecule has 0 amide bonds. The van der Waals surface area contributed by atoms with Crippen molar-refractivity contribution in [1.29, 1.82) is 5.26 Å². The lowest BCUT2D eigenvalue weighted by atomic mass is 9.91. The minimum absolute atomic E-state index is 0.0128. The second-order valence-corrected chi connectivity index (χ2v) is 4.68. The van der Waals surface area contributed by atoms with E-state index in [-0.39, 0.29) is 23.3 Å². The lowest BCUT2D eigenvalue weighted by Gasteiger charge is -2.27. The highest BCUT2D eigenvalue weighted by Gasteiger charge is 2.21. The number of nitriles is 1. The molecule has 3 nitrogen and oxygen atoms in total. The minimum Gasteiger partial charge on any atom is -0.378 e. The summed E-state index contributed by atoms with van der Waals surface area (Å²) in [5.74, 6) is -1.44. The van der Waals surface area contributed by atoms with Gasteiger partial charge in [-0.1, -0.05) is 0 Å². The largest absolute Gasteiger partial charge is 0.378 e. The smallest absolute Gasteiger partial charge is 0.150 e. The molecule has 0 heterocycles. The first kappa shape index (κ1) is 12.8. The number of nitrogens with zero attached hydrogens (tertiary/aromatic N) is 1. The van der Waals surface area contributed by atoms with Gasteiger partial charge >= 0.3 is 0 Å². The predicted octanol–water partition coefficient (Wildman–Crippen LogP) is 2.52. The summed E-state index contributed by atoms with van der Waals surface area (Å²) in [7, 11) is 0. The van der Waals surface area contributed by atoms with E-state index in [1.54, 1.807) is 6.07 Å². The number of hydrogen-bond donors (Lipinski definition) is 2. The van der Waals surface area contributed by atoms with Gasteiger partial charge in [0.15, 0.2) is 11.6 Å². The van der Waals surface area contributed by atoms with E-state index in [1.165, 1.54) is 0 Å². The number of nitrogens with two attached hydrogens (primary N) is 1. The third-order valence-electron chi connectivity index (χ3n) is 3.29. The fourth-order valence-corrected chi connectivity index (χ4v) is 2.24. The lowest BCUT2D eigenvalue weighted by molar-refractivity contribution is 0.408. The third-order valence-corrected chi connectivity index (χ3v) is 3.29. The zero-order valence-corrected chi connectivity index (χ0v) is 9.92. The van der Waals surface area contributed by atoms with Crippen molar-refractivity contribution in [3.63, 3.8) is 0 Å². The minimum atomic E-state index is -0.721. The summed E-state index contributed by atoms with van der Waals surface area (Å²) in [6.45, 7) is 0. The molecule has 0 saturated heterocycles. The monoisotopic (exact) mass is 251 g/mol. The molecule has 1 saturated carbocycles. The van der Waals surface area contributed by atoms with Crippen molar-refractivity contribution < 1.29 is 8.78 Å². The summed E-state index contributed by atoms with van der Waals surface area (Å²) in [6.07, 6.45) is 3.33. The maximum Gasteiger partial charge on any atom is 0.150 e. The maximum absolute atomic E-state index is 13.7. The van der Waals surface area contributed by atoms with E-state index < -0.39 is 11.6 Å². The number of hydrogen-bond acceptors (Lipinski definition) is 3. The summed E-state index contributed by atoms with van der Waals surface area (Å²) in [5.41, 5.74) is 5.62. The average molecular weight is 251 g/mol. The molecule has 1 aromatic carbocycles. The van der Waals surface area contributed by atoms with Gasteiger partial charge in [-0.15, -0.1) is 0 Å². The molecule has 2 rings (SSSR count). The Kier molecular flexibility index (Phi) is 3.78. The normalized spacial score (nSPS) is 23.4. The molecular formula is C13H15F2N3. The summed E-state index contributed by atoms with van der Waals surface area (Å²) >= 11 is 0. The summed E-state index contributed by atoms with van der Waals surface area (Å²) < 4.78 is 27.3. The second kappa shape index (κ2) is 5.32. The number of rotatable bonds is 2. The zero-order valence-electron chi connectivity index (χ0n) is 9.92. The van der Waals surface area contributed by atoms with Crippen LogP contribution in [-0.2, 0) is 0 Å². The quantitative estimate of drug-likeness (QED) is 0.849. The highest BCUT2D eigenvalue weighted by molar-refractivity contribution is 5.51. The van der Waals surface area contributed by atoms with Crippen LogP contribution in [0.4, 0.5) is 14.5 Å². The third kappa shape index (κ3) is 2.77. The van der Waals surface area contributed by atoms with Gasteiger partial charge in [-0.3, -0.25) is 0 Å². The van der Waals surface area contributed by atoms with Gasteiger partial charge < -0.3 is 11.1 Å². The number of nitrogens with one attached hydrogen (secondary N) is 1. The van der Waals surface area contributed by atoms with Crippen LogP contribution in [0.1, 0.15) is 31.2 Å². The molecule has 1 fully saturated rings. The Labute approximate surface area is 105 Å². The summed E-state index contributed by atoms with van der Waals surface area (Å²) in [4.78, 5) is 0. The molecule has 18 heavy (non-hydrogen) atoms. The van der Waals surface area contributed by atoms with Crippen LogP contribution in [0, 0.1) is 23.0 Å². The molecule has 0 radical (unpaired) electrons. The van der Waals surface area contributed by atoms with Crippen LogP contribution in [0.5, 0.6) is 0 Å². The summed E-state index contributed by atoms with van der Waals surface area (Å²) in [6, 6.07) is 4.04. The second-order valence-electron chi connectivity index (χ2n) is 4.68. The van der Waals surface area contributed by atoms with E-state index in [0.717, 1.165) is 37.8 Å². The van der Waals surface area contributed by atoms with Crippen molar-refractivity contribution in [1.82, 2.24) is 0 Å². The highest BCUT2D eigenvalue weighted by Crippen LogP contribution is 2.25. The highest BCUT2D eigenvalue weighted by atomic mass is 19.1. The molecule has 1 aliphatic carbocycles. The van der Waals surface area contributed by atoms with Crippen molar-refractivity contribution in [2.75, 3.05) is 5.32 Å². The van der Waals surface area contributed by atoms with Crippen molar-refractivity contribution >= 4 is 5.69 Å². The number of anilines is 1. The molecule has 1 aromatic rings. The predicted molar refractivity (Wildman–Crippen MR) is 64.9 cm³/mol. The fourth-order valence-electron chi connectivity index (χ4n) is 2.24. The molecule has 0 bridgehead atoms. The molecule has 5 heteroatoms. The van der Waals surface area contributed by atoms with Gasteiger partial charge in [0.2, 0.25) is 0 Å². The molecule has 0 aromatic heterocycles. The Morgan fingerprint density at radius 2 is 1.72 bits per heavy atom. The van der Waals surface area contributed by atoms with E-state index >= 15 is 0 Å². The van der Waals surface area contributed by atoms with Gasteiger partial charge in [0.1, 0.15) is 5.69 Å². The van der Waals surface area contributed by atoms with Crippen LogP contribution in [-0.4, -0.2) is 12.1 Å². The van der Waals surface area contributed by atoms with Crippen molar-refractivity contribution in [2.45, 2.75) is 37.8 Å². The van der Waals surface area contributed by atoms with Crippen molar-refractivity contribution in [2.24, 2.45) is 5.73 Å². The van der Waals surface area contributed by atoms with Crippen molar-refractivity contribution in [3.8, 4) is 6.07 Å². The molecule has 1 aliphatic rings. The Bertz CT molecular complexity index is 451. The van der Waals surface area contributed by atoms with Gasteiger partial charge in [0.05, 0.1) is 11.6 Å². The van der Waals surface area contributed by atoms with Crippen LogP contribution in [0.3, 0.4) is 0 Å². The first-order valence-electron chi connectivity index (χ1n) is 6.01. The topological polar surface area (TPSA) is 61.8 Å². The number of benzene rings is 1. The van der Waals surface area contributed by atoms with E-state index in [9.17, 15) is 8.78 Å². The van der Waals surface area contributed by atoms with Crippen LogP contribution < -0.4 is 11.1 Å². The molecular weight excluding hydrogens is 236 g/mol. The SMILES string of the molecule is N#Cc1cc(F)c(NC2CCC(N)CC2)c(F)c1. The Morgan fingerprint density at radius 1 is 1.17 bits per heavy atom.